The standard InChI is InChI=1S/C13H21N5O/c1-14-11-10-18-8-6-15-12(18)13(16-11)17(2)7-4-3-5-9-19/h6,8,10,14,19H,3-5,7,9H2,1-2H3. The molecule has 0 amide bonds. The Labute approximate surface area is 113 Å². The molecule has 0 atom stereocenters. The van der Waals surface area contributed by atoms with Crippen molar-refractivity contribution in [1.29, 1.82) is 0 Å². The van der Waals surface area contributed by atoms with Gasteiger partial charge in [-0.15, -0.1) is 0 Å². The second-order valence-electron chi connectivity index (χ2n) is 4.56. The Balaban J connectivity index is 2.15. The molecule has 6 heteroatoms. The van der Waals surface area contributed by atoms with Gasteiger partial charge in [-0.3, -0.25) is 0 Å². The van der Waals surface area contributed by atoms with Crippen molar-refractivity contribution < 1.29 is 5.11 Å². The van der Waals surface area contributed by atoms with Crippen molar-refractivity contribution in [3.63, 3.8) is 0 Å². The van der Waals surface area contributed by atoms with Crippen LogP contribution in [0.25, 0.3) is 5.65 Å². The molecule has 0 aliphatic carbocycles. The summed E-state index contributed by atoms with van der Waals surface area (Å²) in [6, 6.07) is 0. The van der Waals surface area contributed by atoms with Crippen LogP contribution in [-0.4, -0.2) is 46.7 Å². The van der Waals surface area contributed by atoms with Crippen molar-refractivity contribution in [3.05, 3.63) is 18.6 Å². The molecule has 2 N–H and O–H groups in total. The van der Waals surface area contributed by atoms with E-state index in [1.807, 2.05) is 30.9 Å². The maximum Gasteiger partial charge on any atom is 0.180 e. The Morgan fingerprint density at radius 3 is 2.95 bits per heavy atom. The topological polar surface area (TPSA) is 65.7 Å². The quantitative estimate of drug-likeness (QED) is 0.739. The Bertz CT molecular complexity index is 525. The molecule has 0 aliphatic rings. The molecule has 0 aliphatic heterocycles. The number of hydrogen-bond acceptors (Lipinski definition) is 5. The van der Waals surface area contributed by atoms with Crippen LogP contribution in [0.15, 0.2) is 18.6 Å². The number of aromatic nitrogens is 3. The summed E-state index contributed by atoms with van der Waals surface area (Å²) in [5.41, 5.74) is 0.864. The van der Waals surface area contributed by atoms with Crippen molar-refractivity contribution in [1.82, 2.24) is 14.4 Å². The largest absolute Gasteiger partial charge is 0.396 e. The lowest BCUT2D eigenvalue weighted by atomic mass is 10.2. The molecule has 2 rings (SSSR count). The number of imidazole rings is 1. The summed E-state index contributed by atoms with van der Waals surface area (Å²) in [5, 5.41) is 11.8. The molecule has 2 heterocycles. The van der Waals surface area contributed by atoms with Crippen LogP contribution in [-0.2, 0) is 0 Å². The third kappa shape index (κ3) is 3.14. The number of hydrogen-bond donors (Lipinski definition) is 2. The minimum Gasteiger partial charge on any atom is -0.396 e. The highest BCUT2D eigenvalue weighted by Gasteiger charge is 2.11. The Hall–Kier alpha value is -1.82. The number of nitrogens with zero attached hydrogens (tertiary/aromatic N) is 4. The number of aliphatic hydroxyl groups excluding tert-OH is 1. The van der Waals surface area contributed by atoms with Gasteiger partial charge in [-0.2, -0.15) is 0 Å². The fraction of sp³-hybridized carbons (Fsp3) is 0.538. The minimum absolute atomic E-state index is 0.266. The first-order chi connectivity index (χ1) is 9.26. The van der Waals surface area contributed by atoms with Crippen molar-refractivity contribution in [2.24, 2.45) is 0 Å². The third-order valence-corrected chi connectivity index (χ3v) is 3.13. The minimum atomic E-state index is 0.266. The SMILES string of the molecule is CNc1cn2ccnc2c(N(C)CCCCCO)n1. The molecule has 0 saturated carbocycles. The number of anilines is 2. The van der Waals surface area contributed by atoms with Gasteiger partial charge in [0.15, 0.2) is 11.5 Å². The van der Waals surface area contributed by atoms with Crippen molar-refractivity contribution >= 4 is 17.3 Å². The van der Waals surface area contributed by atoms with E-state index in [4.69, 9.17) is 5.11 Å². The highest BCUT2D eigenvalue weighted by Crippen LogP contribution is 2.19. The first-order valence-electron chi connectivity index (χ1n) is 6.59. The lowest BCUT2D eigenvalue weighted by molar-refractivity contribution is 0.283. The zero-order chi connectivity index (χ0) is 13.7. The number of rotatable bonds is 7. The molecular weight excluding hydrogens is 242 g/mol. The van der Waals surface area contributed by atoms with E-state index >= 15 is 0 Å². The van der Waals surface area contributed by atoms with E-state index in [0.717, 1.165) is 43.1 Å². The first kappa shape index (κ1) is 13.6. The molecule has 104 valence electrons. The summed E-state index contributed by atoms with van der Waals surface area (Å²) in [6.45, 7) is 1.17. The van der Waals surface area contributed by atoms with Crippen molar-refractivity contribution in [2.75, 3.05) is 37.5 Å². The van der Waals surface area contributed by atoms with E-state index in [9.17, 15) is 0 Å². The van der Waals surface area contributed by atoms with E-state index < -0.39 is 0 Å². The van der Waals surface area contributed by atoms with E-state index in [1.165, 1.54) is 0 Å². The highest BCUT2D eigenvalue weighted by molar-refractivity contribution is 5.66. The monoisotopic (exact) mass is 263 g/mol. The number of fused-ring (bicyclic) bond motifs is 1. The van der Waals surface area contributed by atoms with Crippen LogP contribution in [0, 0.1) is 0 Å². The predicted octanol–water partition coefficient (Wildman–Crippen LogP) is 1.37. The Morgan fingerprint density at radius 2 is 2.21 bits per heavy atom. The van der Waals surface area contributed by atoms with Gasteiger partial charge in [0.25, 0.3) is 0 Å². The summed E-state index contributed by atoms with van der Waals surface area (Å²) < 4.78 is 1.97. The normalized spacial score (nSPS) is 10.9. The molecule has 0 radical (unpaired) electrons. The zero-order valence-electron chi connectivity index (χ0n) is 11.5. The fourth-order valence-corrected chi connectivity index (χ4v) is 2.04. The summed E-state index contributed by atoms with van der Waals surface area (Å²) in [6.07, 6.45) is 8.54. The lowest BCUT2D eigenvalue weighted by Crippen LogP contribution is -2.21. The molecule has 2 aromatic heterocycles. The van der Waals surface area contributed by atoms with Crippen LogP contribution in [0.1, 0.15) is 19.3 Å². The maximum atomic E-state index is 8.78. The van der Waals surface area contributed by atoms with Crippen molar-refractivity contribution in [3.8, 4) is 0 Å². The van der Waals surface area contributed by atoms with Gasteiger partial charge >= 0.3 is 0 Å². The van der Waals surface area contributed by atoms with E-state index in [1.54, 1.807) is 6.20 Å². The van der Waals surface area contributed by atoms with Gasteiger partial charge in [0.2, 0.25) is 0 Å². The fourth-order valence-electron chi connectivity index (χ4n) is 2.04. The van der Waals surface area contributed by atoms with E-state index in [0.29, 0.717) is 0 Å². The maximum absolute atomic E-state index is 8.78. The molecule has 0 spiro atoms. The molecular formula is C13H21N5O. The van der Waals surface area contributed by atoms with E-state index in [2.05, 4.69) is 20.2 Å². The van der Waals surface area contributed by atoms with Gasteiger partial charge in [-0.05, 0) is 19.3 Å². The van der Waals surface area contributed by atoms with Gasteiger partial charge < -0.3 is 19.7 Å². The summed E-state index contributed by atoms with van der Waals surface area (Å²) in [7, 11) is 3.88. The number of aliphatic hydroxyl groups is 1. The first-order valence-corrected chi connectivity index (χ1v) is 6.59. The average Bonchev–Trinajstić information content (AvgIpc) is 2.90. The van der Waals surface area contributed by atoms with Gasteiger partial charge in [0, 0.05) is 39.6 Å². The Morgan fingerprint density at radius 1 is 1.37 bits per heavy atom. The second-order valence-corrected chi connectivity index (χ2v) is 4.56. The molecule has 0 bridgehead atoms. The molecule has 6 nitrogen and oxygen atoms in total. The number of nitrogens with one attached hydrogen (secondary N) is 1. The van der Waals surface area contributed by atoms with E-state index in [-0.39, 0.29) is 6.61 Å². The van der Waals surface area contributed by atoms with Gasteiger partial charge in [0.05, 0.1) is 6.20 Å². The molecule has 0 aromatic carbocycles. The van der Waals surface area contributed by atoms with Crippen LogP contribution < -0.4 is 10.2 Å². The highest BCUT2D eigenvalue weighted by atomic mass is 16.2. The molecule has 2 aromatic rings. The summed E-state index contributed by atoms with van der Waals surface area (Å²) in [5.74, 6) is 1.70. The van der Waals surface area contributed by atoms with Crippen LogP contribution in [0.3, 0.4) is 0 Å². The average molecular weight is 263 g/mol. The third-order valence-electron chi connectivity index (χ3n) is 3.13. The lowest BCUT2D eigenvalue weighted by Gasteiger charge is -2.19. The zero-order valence-corrected chi connectivity index (χ0v) is 11.5. The molecule has 19 heavy (non-hydrogen) atoms. The number of unbranched alkanes of at least 4 members (excludes halogenated alkanes) is 2. The van der Waals surface area contributed by atoms with Crippen LogP contribution >= 0.6 is 0 Å². The summed E-state index contributed by atoms with van der Waals surface area (Å²) in [4.78, 5) is 11.0. The van der Waals surface area contributed by atoms with Gasteiger partial charge in [-0.1, -0.05) is 0 Å². The Kier molecular flexibility index (Phi) is 4.57. The smallest absolute Gasteiger partial charge is 0.180 e. The van der Waals surface area contributed by atoms with Crippen LogP contribution in [0.5, 0.6) is 0 Å². The second kappa shape index (κ2) is 6.38. The summed E-state index contributed by atoms with van der Waals surface area (Å²) >= 11 is 0. The molecule has 0 saturated heterocycles. The van der Waals surface area contributed by atoms with Crippen LogP contribution in [0.2, 0.25) is 0 Å². The van der Waals surface area contributed by atoms with Gasteiger partial charge in [-0.25, -0.2) is 9.97 Å². The van der Waals surface area contributed by atoms with Gasteiger partial charge in [0.1, 0.15) is 5.82 Å². The van der Waals surface area contributed by atoms with Crippen molar-refractivity contribution in [2.45, 2.75) is 19.3 Å². The predicted molar refractivity (Wildman–Crippen MR) is 76.7 cm³/mol. The molecule has 0 unspecified atom stereocenters. The molecule has 0 fully saturated rings. The van der Waals surface area contributed by atoms with Crippen LogP contribution in [0.4, 0.5) is 11.6 Å².